The lowest BCUT2D eigenvalue weighted by molar-refractivity contribution is -0.139. The minimum atomic E-state index is -0.649. The molecule has 1 rings (SSSR count). The van der Waals surface area contributed by atoms with Crippen LogP contribution < -0.4 is 10.1 Å². The van der Waals surface area contributed by atoms with Crippen molar-refractivity contribution in [3.05, 3.63) is 41.9 Å². The summed E-state index contributed by atoms with van der Waals surface area (Å²) in [6, 6.07) is 5.65. The van der Waals surface area contributed by atoms with Gasteiger partial charge in [0.25, 0.3) is 0 Å². The van der Waals surface area contributed by atoms with Crippen LogP contribution in [0.25, 0.3) is 0 Å². The third-order valence-electron chi connectivity index (χ3n) is 5.71. The maximum Gasteiger partial charge on any atom is 0.310 e. The Bertz CT molecular complexity index is 875. The number of Topliss-reactive ketones (excluding diaryl/α,β-unsaturated/α-hetero) is 1. The highest BCUT2D eigenvalue weighted by atomic mass is 19.1. The summed E-state index contributed by atoms with van der Waals surface area (Å²) in [6.07, 6.45) is 6.99. The van der Waals surface area contributed by atoms with Gasteiger partial charge in [-0.3, -0.25) is 14.4 Å². The van der Waals surface area contributed by atoms with Crippen molar-refractivity contribution >= 4 is 17.7 Å². The van der Waals surface area contributed by atoms with Crippen LogP contribution in [0.2, 0.25) is 0 Å². The van der Waals surface area contributed by atoms with E-state index in [1.54, 1.807) is 13.8 Å². The molecule has 2 atom stereocenters. The van der Waals surface area contributed by atoms with E-state index in [1.165, 1.54) is 30.3 Å². The number of aliphatic hydroxyl groups is 1. The second kappa shape index (κ2) is 16.9. The van der Waals surface area contributed by atoms with Crippen LogP contribution in [0.1, 0.15) is 92.4 Å². The fourth-order valence-corrected chi connectivity index (χ4v) is 3.82. The molecule has 0 aliphatic carbocycles. The highest BCUT2D eigenvalue weighted by molar-refractivity contribution is 5.88. The Morgan fingerprint density at radius 3 is 2.22 bits per heavy atom. The number of carbonyl (C=O) groups is 3. The predicted octanol–water partition coefficient (Wildman–Crippen LogP) is 5.64. The molecule has 1 amide bonds. The number of hydrogen-bond donors (Lipinski definition) is 2. The molecule has 1 aromatic carbocycles. The van der Waals surface area contributed by atoms with Gasteiger partial charge in [0, 0.05) is 24.0 Å². The summed E-state index contributed by atoms with van der Waals surface area (Å²) in [6.45, 7) is 8.93. The molecule has 0 saturated heterocycles. The van der Waals surface area contributed by atoms with Crippen LogP contribution >= 0.6 is 0 Å². The number of carbonyl (C=O) groups excluding carboxylic acids is 3. The zero-order valence-electron chi connectivity index (χ0n) is 23.0. The van der Waals surface area contributed by atoms with Gasteiger partial charge in [-0.1, -0.05) is 25.7 Å². The molecule has 0 aliphatic rings. The van der Waals surface area contributed by atoms with Crippen molar-refractivity contribution in [1.82, 2.24) is 5.32 Å². The number of rotatable bonds is 17. The molecular weight excluding hydrogens is 477 g/mol. The van der Waals surface area contributed by atoms with E-state index in [0.29, 0.717) is 31.4 Å². The van der Waals surface area contributed by atoms with Crippen molar-refractivity contribution < 1.29 is 33.4 Å². The van der Waals surface area contributed by atoms with Crippen molar-refractivity contribution in [2.75, 3.05) is 6.61 Å². The molecular formula is C29H44FNO6. The van der Waals surface area contributed by atoms with Gasteiger partial charge in [0.15, 0.2) is 0 Å². The normalized spacial score (nSPS) is 13.5. The number of ketones is 1. The molecule has 7 nitrogen and oxygen atoms in total. The Morgan fingerprint density at radius 1 is 0.973 bits per heavy atom. The largest absolute Gasteiger partial charge is 0.491 e. The summed E-state index contributed by atoms with van der Waals surface area (Å²) >= 11 is 0. The molecule has 0 fully saturated rings. The molecule has 0 bridgehead atoms. The summed E-state index contributed by atoms with van der Waals surface area (Å²) in [5.41, 5.74) is -0.359. The van der Waals surface area contributed by atoms with Gasteiger partial charge in [0.2, 0.25) is 5.91 Å². The summed E-state index contributed by atoms with van der Waals surface area (Å²) in [4.78, 5) is 35.8. The summed E-state index contributed by atoms with van der Waals surface area (Å²) in [5, 5.41) is 12.9. The van der Waals surface area contributed by atoms with E-state index in [0.717, 1.165) is 25.7 Å². The second-order valence-corrected chi connectivity index (χ2v) is 10.6. The Hall–Kier alpha value is -2.74. The minimum absolute atomic E-state index is 0.0396. The summed E-state index contributed by atoms with van der Waals surface area (Å²) in [7, 11) is 0. The number of nitrogens with one attached hydrogen (secondary N) is 1. The summed E-state index contributed by atoms with van der Waals surface area (Å²) in [5.74, 6) is -0.117. The van der Waals surface area contributed by atoms with Crippen molar-refractivity contribution in [1.29, 1.82) is 0 Å². The van der Waals surface area contributed by atoms with E-state index in [9.17, 15) is 23.9 Å². The van der Waals surface area contributed by atoms with Gasteiger partial charge in [0.1, 0.15) is 29.7 Å². The SMILES string of the molecule is CC(=O)C(CCCCCCC(=O)OC(C)=CC(=O)NC(C)(C)C)CCCC(O)COc1ccc(F)cc1. The van der Waals surface area contributed by atoms with Crippen LogP contribution in [-0.4, -0.2) is 41.0 Å². The van der Waals surface area contributed by atoms with Gasteiger partial charge in [-0.15, -0.1) is 0 Å². The zero-order valence-corrected chi connectivity index (χ0v) is 23.0. The monoisotopic (exact) mass is 521 g/mol. The van der Waals surface area contributed by atoms with Crippen LogP contribution in [0.4, 0.5) is 4.39 Å². The number of esters is 1. The first-order valence-corrected chi connectivity index (χ1v) is 13.1. The number of unbranched alkanes of at least 4 members (excludes halogenated alkanes) is 3. The zero-order chi connectivity index (χ0) is 27.8. The molecule has 0 radical (unpaired) electrons. The summed E-state index contributed by atoms with van der Waals surface area (Å²) < 4.78 is 23.6. The number of allylic oxidation sites excluding steroid dienone is 1. The van der Waals surface area contributed by atoms with Crippen molar-refractivity contribution in [3.8, 4) is 5.75 Å². The van der Waals surface area contributed by atoms with Crippen LogP contribution in [-0.2, 0) is 19.1 Å². The number of hydrogen-bond acceptors (Lipinski definition) is 6. The molecule has 8 heteroatoms. The number of benzene rings is 1. The Labute approximate surface area is 220 Å². The van der Waals surface area contributed by atoms with E-state index < -0.39 is 6.10 Å². The highest BCUT2D eigenvalue weighted by Gasteiger charge is 2.16. The number of aliphatic hydroxyl groups excluding tert-OH is 1. The van der Waals surface area contributed by atoms with Gasteiger partial charge < -0.3 is 19.9 Å². The molecule has 2 N–H and O–H groups in total. The first-order valence-electron chi connectivity index (χ1n) is 13.1. The molecule has 37 heavy (non-hydrogen) atoms. The maximum atomic E-state index is 12.9. The first kappa shape index (κ1) is 32.3. The van der Waals surface area contributed by atoms with Gasteiger partial charge in [0.05, 0.1) is 6.10 Å². The molecule has 0 saturated carbocycles. The molecule has 0 aliphatic heterocycles. The average Bonchev–Trinajstić information content (AvgIpc) is 2.78. The van der Waals surface area contributed by atoms with Gasteiger partial charge in [-0.25, -0.2) is 4.39 Å². The van der Waals surface area contributed by atoms with Crippen molar-refractivity contribution in [3.63, 3.8) is 0 Å². The average molecular weight is 522 g/mol. The quantitative estimate of drug-likeness (QED) is 0.119. The molecule has 0 aromatic heterocycles. The lowest BCUT2D eigenvalue weighted by Gasteiger charge is -2.19. The van der Waals surface area contributed by atoms with E-state index in [1.807, 2.05) is 20.8 Å². The number of amides is 1. The van der Waals surface area contributed by atoms with Crippen LogP contribution in [0.15, 0.2) is 36.1 Å². The third kappa shape index (κ3) is 16.6. The van der Waals surface area contributed by atoms with Crippen LogP contribution in [0, 0.1) is 11.7 Å². The number of ether oxygens (including phenoxy) is 2. The fraction of sp³-hybridized carbons (Fsp3) is 0.621. The predicted molar refractivity (Wildman–Crippen MR) is 141 cm³/mol. The first-order chi connectivity index (χ1) is 17.4. The molecule has 208 valence electrons. The lowest BCUT2D eigenvalue weighted by atomic mass is 9.91. The molecule has 2 unspecified atom stereocenters. The molecule has 1 aromatic rings. The van der Waals surface area contributed by atoms with Crippen LogP contribution in [0.3, 0.4) is 0 Å². The van der Waals surface area contributed by atoms with Crippen molar-refractivity contribution in [2.45, 2.75) is 104 Å². The molecule has 0 spiro atoms. The highest BCUT2D eigenvalue weighted by Crippen LogP contribution is 2.20. The van der Waals surface area contributed by atoms with Crippen LogP contribution in [0.5, 0.6) is 5.75 Å². The standard InChI is InChI=1S/C29H44FNO6/c1-21(19-27(34)31-29(3,4)5)37-28(35)14-9-7-6-8-11-23(22(2)32)12-10-13-25(33)20-36-26-17-15-24(30)16-18-26/h15-19,23,25,33H,6-14,20H2,1-5H3,(H,31,34). The van der Waals surface area contributed by atoms with E-state index >= 15 is 0 Å². The van der Waals surface area contributed by atoms with Crippen molar-refractivity contribution in [2.24, 2.45) is 5.92 Å². The smallest absolute Gasteiger partial charge is 0.310 e. The van der Waals surface area contributed by atoms with Gasteiger partial charge in [-0.05, 0) is 84.6 Å². The third-order valence-corrected chi connectivity index (χ3v) is 5.71. The van der Waals surface area contributed by atoms with Gasteiger partial charge >= 0.3 is 5.97 Å². The second-order valence-electron chi connectivity index (χ2n) is 10.6. The number of halogens is 1. The maximum absolute atomic E-state index is 12.9. The topological polar surface area (TPSA) is 102 Å². The van der Waals surface area contributed by atoms with E-state index in [4.69, 9.17) is 9.47 Å². The molecule has 0 heterocycles. The minimum Gasteiger partial charge on any atom is -0.491 e. The van der Waals surface area contributed by atoms with E-state index in [2.05, 4.69) is 5.32 Å². The Balaban J connectivity index is 2.18. The fourth-order valence-electron chi connectivity index (χ4n) is 3.82. The lowest BCUT2D eigenvalue weighted by Crippen LogP contribution is -2.39. The Kier molecular flexibility index (Phi) is 14.7. The van der Waals surface area contributed by atoms with Gasteiger partial charge in [-0.2, -0.15) is 0 Å². The van der Waals surface area contributed by atoms with E-state index in [-0.39, 0.29) is 53.7 Å². The Morgan fingerprint density at radius 2 is 1.59 bits per heavy atom.